The van der Waals surface area contributed by atoms with Gasteiger partial charge in [-0.15, -0.1) is 0 Å². The molecule has 0 fully saturated rings. The third kappa shape index (κ3) is 16.8. The van der Waals surface area contributed by atoms with Crippen molar-refractivity contribution >= 4 is 5.97 Å². The normalized spacial score (nSPS) is 14.0. The highest BCUT2D eigenvalue weighted by molar-refractivity contribution is 5.68. The van der Waals surface area contributed by atoms with Crippen molar-refractivity contribution in [2.45, 2.75) is 70.8 Å². The number of aliphatic hydroxyl groups is 2. The molecule has 0 saturated heterocycles. The van der Waals surface area contributed by atoms with E-state index in [2.05, 4.69) is 17.7 Å². The number of methoxy groups -OCH3 is 1. The van der Waals surface area contributed by atoms with E-state index >= 15 is 0 Å². The maximum Gasteiger partial charge on any atom is 0.305 e. The number of allylic oxidation sites excluding steroid dienone is 6. The summed E-state index contributed by atoms with van der Waals surface area (Å²) < 4.78 is 4.54. The molecule has 0 aliphatic rings. The molecule has 4 nitrogen and oxygen atoms in total. The fourth-order valence-electron chi connectivity index (χ4n) is 2.12. The Morgan fingerprint density at radius 3 is 2.64 bits per heavy atom. The number of hydrogen-bond donors (Lipinski definition) is 2. The van der Waals surface area contributed by atoms with Gasteiger partial charge in [0.15, 0.2) is 0 Å². The van der Waals surface area contributed by atoms with Crippen LogP contribution in [0.5, 0.6) is 0 Å². The van der Waals surface area contributed by atoms with Gasteiger partial charge in [0.05, 0.1) is 19.0 Å². The fourth-order valence-corrected chi connectivity index (χ4v) is 2.12. The molecule has 2 N–H and O–H groups in total. The number of unbranched alkanes of at least 4 members (excludes halogenated alkanes) is 3. The molecule has 0 heterocycles. The van der Waals surface area contributed by atoms with Crippen LogP contribution in [0.4, 0.5) is 0 Å². The summed E-state index contributed by atoms with van der Waals surface area (Å²) in [5.74, 6) is 0.127. The number of aliphatic hydroxyl groups excluding tert-OH is 2. The lowest BCUT2D eigenvalue weighted by molar-refractivity contribution is -0.140. The molecular weight excluding hydrogens is 316 g/mol. The van der Waals surface area contributed by atoms with E-state index in [0.717, 1.165) is 6.42 Å². The molecule has 0 bridgehead atoms. The van der Waals surface area contributed by atoms with Crippen LogP contribution in [0.2, 0.25) is 0 Å². The second-order valence-electron chi connectivity index (χ2n) is 5.95. The molecule has 0 aromatic carbocycles. The predicted molar refractivity (Wildman–Crippen MR) is 103 cm³/mol. The molecule has 0 aromatic rings. The molecular formula is C21H34O4. The Kier molecular flexibility index (Phi) is 15.8. The minimum absolute atomic E-state index is 0.251. The van der Waals surface area contributed by atoms with Crippen LogP contribution in [0.3, 0.4) is 0 Å². The number of ether oxygens (including phenoxy) is 1. The smallest absolute Gasteiger partial charge is 0.305 e. The van der Waals surface area contributed by atoms with Crippen LogP contribution in [0.1, 0.15) is 64.7 Å². The summed E-state index contributed by atoms with van der Waals surface area (Å²) in [5, 5.41) is 19.5. The van der Waals surface area contributed by atoms with Gasteiger partial charge in [0.2, 0.25) is 0 Å². The van der Waals surface area contributed by atoms with Crippen LogP contribution in [-0.4, -0.2) is 29.4 Å². The highest BCUT2D eigenvalue weighted by Crippen LogP contribution is 2.05. The summed E-state index contributed by atoms with van der Waals surface area (Å²) >= 11 is 0. The Bertz CT molecular complexity index is 447. The van der Waals surface area contributed by atoms with E-state index in [1.54, 1.807) is 18.2 Å². The third-order valence-corrected chi connectivity index (χ3v) is 3.65. The average molecular weight is 350 g/mol. The summed E-state index contributed by atoms with van der Waals surface area (Å²) in [6.07, 6.45) is 20.0. The first-order valence-electron chi connectivity index (χ1n) is 9.21. The van der Waals surface area contributed by atoms with Crippen molar-refractivity contribution in [1.29, 1.82) is 0 Å². The largest absolute Gasteiger partial charge is 0.512 e. The quantitative estimate of drug-likeness (QED) is 0.149. The van der Waals surface area contributed by atoms with E-state index in [0.29, 0.717) is 37.9 Å². The standard InChI is InChI=1S/C21H34O4/c1-3-4-5-6-7-10-14-19(22)15-11-8-9-12-16-20(23)17-13-18-21(24)25-2/h7-10,12,15-16,20,22-23H,3-6,11,13-14,17-18H2,1-2H3/b9-8-,10-7-,16-12+,19-15+. The Balaban J connectivity index is 3.82. The van der Waals surface area contributed by atoms with Gasteiger partial charge < -0.3 is 14.9 Å². The van der Waals surface area contributed by atoms with Gasteiger partial charge >= 0.3 is 5.97 Å². The topological polar surface area (TPSA) is 66.8 Å². The lowest BCUT2D eigenvalue weighted by Crippen LogP contribution is -2.05. The van der Waals surface area contributed by atoms with Gasteiger partial charge in [0.1, 0.15) is 0 Å². The van der Waals surface area contributed by atoms with Gasteiger partial charge in [-0.3, -0.25) is 4.79 Å². The van der Waals surface area contributed by atoms with E-state index < -0.39 is 6.10 Å². The van der Waals surface area contributed by atoms with Crippen molar-refractivity contribution in [3.8, 4) is 0 Å². The van der Waals surface area contributed by atoms with Crippen LogP contribution in [0, 0.1) is 0 Å². The average Bonchev–Trinajstić information content (AvgIpc) is 2.60. The Morgan fingerprint density at radius 2 is 1.92 bits per heavy atom. The zero-order chi connectivity index (χ0) is 18.8. The zero-order valence-electron chi connectivity index (χ0n) is 15.7. The van der Waals surface area contributed by atoms with Crippen molar-refractivity contribution in [2.75, 3.05) is 7.11 Å². The maximum absolute atomic E-state index is 10.9. The molecule has 1 unspecified atom stereocenters. The molecule has 0 radical (unpaired) electrons. The molecule has 1 atom stereocenters. The van der Waals surface area contributed by atoms with Crippen molar-refractivity contribution < 1.29 is 19.7 Å². The molecule has 0 aromatic heterocycles. The van der Waals surface area contributed by atoms with Crippen LogP contribution in [0.15, 0.2) is 48.3 Å². The number of rotatable bonds is 14. The fraction of sp³-hybridized carbons (Fsp3) is 0.571. The number of carbonyl (C=O) groups excluding carboxylic acids is 1. The van der Waals surface area contributed by atoms with Crippen molar-refractivity contribution in [2.24, 2.45) is 0 Å². The molecule has 0 saturated carbocycles. The summed E-state index contributed by atoms with van der Waals surface area (Å²) in [5.41, 5.74) is 0. The number of esters is 1. The summed E-state index contributed by atoms with van der Waals surface area (Å²) in [4.78, 5) is 10.9. The van der Waals surface area contributed by atoms with Crippen LogP contribution >= 0.6 is 0 Å². The van der Waals surface area contributed by atoms with Gasteiger partial charge in [-0.25, -0.2) is 0 Å². The first-order valence-corrected chi connectivity index (χ1v) is 9.21. The Morgan fingerprint density at radius 1 is 1.12 bits per heavy atom. The predicted octanol–water partition coefficient (Wildman–Crippen LogP) is 5.16. The molecule has 0 spiro atoms. The van der Waals surface area contributed by atoms with E-state index in [1.807, 2.05) is 18.2 Å². The SMILES string of the molecule is CCCCC/C=C\C/C(O)=C\C/C=C\C=C\C(O)CCCC(=O)OC. The zero-order valence-corrected chi connectivity index (χ0v) is 15.7. The third-order valence-electron chi connectivity index (χ3n) is 3.65. The van der Waals surface area contributed by atoms with Crippen molar-refractivity contribution in [3.63, 3.8) is 0 Å². The molecule has 0 rings (SSSR count). The van der Waals surface area contributed by atoms with E-state index in [4.69, 9.17) is 0 Å². The minimum atomic E-state index is -0.559. The van der Waals surface area contributed by atoms with Crippen molar-refractivity contribution in [1.82, 2.24) is 0 Å². The summed E-state index contributed by atoms with van der Waals surface area (Å²) in [6.45, 7) is 2.19. The summed E-state index contributed by atoms with van der Waals surface area (Å²) in [7, 11) is 1.36. The number of carbonyl (C=O) groups is 1. The minimum Gasteiger partial charge on any atom is -0.512 e. The molecule has 4 heteroatoms. The molecule has 25 heavy (non-hydrogen) atoms. The summed E-state index contributed by atoms with van der Waals surface area (Å²) in [6, 6.07) is 0. The molecule has 0 aliphatic carbocycles. The van der Waals surface area contributed by atoms with E-state index in [1.165, 1.54) is 26.4 Å². The van der Waals surface area contributed by atoms with Crippen LogP contribution in [-0.2, 0) is 9.53 Å². The molecule has 0 amide bonds. The van der Waals surface area contributed by atoms with Gasteiger partial charge in [-0.05, 0) is 38.2 Å². The maximum atomic E-state index is 10.9. The van der Waals surface area contributed by atoms with Gasteiger partial charge in [-0.2, -0.15) is 0 Å². The molecule has 0 aliphatic heterocycles. The first kappa shape index (κ1) is 23.2. The van der Waals surface area contributed by atoms with Crippen LogP contribution in [0.25, 0.3) is 0 Å². The Hall–Kier alpha value is -1.81. The Labute approximate surface area is 152 Å². The lowest BCUT2D eigenvalue weighted by atomic mass is 10.1. The molecule has 142 valence electrons. The van der Waals surface area contributed by atoms with Crippen molar-refractivity contribution in [3.05, 3.63) is 48.3 Å². The van der Waals surface area contributed by atoms with Gasteiger partial charge in [0, 0.05) is 12.8 Å². The highest BCUT2D eigenvalue weighted by Gasteiger charge is 2.02. The van der Waals surface area contributed by atoms with E-state index in [9.17, 15) is 15.0 Å². The van der Waals surface area contributed by atoms with Crippen LogP contribution < -0.4 is 0 Å². The second-order valence-corrected chi connectivity index (χ2v) is 5.95. The number of hydrogen-bond acceptors (Lipinski definition) is 4. The lowest BCUT2D eigenvalue weighted by Gasteiger charge is -2.03. The second kappa shape index (κ2) is 17.0. The highest BCUT2D eigenvalue weighted by atomic mass is 16.5. The van der Waals surface area contributed by atoms with E-state index in [-0.39, 0.29) is 5.97 Å². The van der Waals surface area contributed by atoms with Gasteiger partial charge in [-0.1, -0.05) is 56.2 Å². The monoisotopic (exact) mass is 350 g/mol. The first-order chi connectivity index (χ1) is 12.1. The van der Waals surface area contributed by atoms with Gasteiger partial charge in [0.25, 0.3) is 0 Å².